The van der Waals surface area contributed by atoms with Crippen molar-refractivity contribution < 1.29 is 4.74 Å². The molecule has 0 aromatic carbocycles. The van der Waals surface area contributed by atoms with Crippen LogP contribution in [0, 0.1) is 0 Å². The largest absolute Gasteiger partial charge is 0.376 e. The molecule has 1 aromatic rings. The highest BCUT2D eigenvalue weighted by atomic mass is 35.5. The Morgan fingerprint density at radius 1 is 1.50 bits per heavy atom. The van der Waals surface area contributed by atoms with E-state index in [4.69, 9.17) is 16.3 Å². The van der Waals surface area contributed by atoms with E-state index in [9.17, 15) is 0 Å². The molecule has 2 atom stereocenters. The molecule has 2 rings (SSSR count). The van der Waals surface area contributed by atoms with Gasteiger partial charge in [-0.3, -0.25) is 4.68 Å². The van der Waals surface area contributed by atoms with Crippen LogP contribution < -0.4 is 5.32 Å². The highest BCUT2D eigenvalue weighted by Gasteiger charge is 2.29. The van der Waals surface area contributed by atoms with Crippen molar-refractivity contribution in [2.24, 2.45) is 0 Å². The van der Waals surface area contributed by atoms with Crippen LogP contribution in [0.1, 0.15) is 50.9 Å². The van der Waals surface area contributed by atoms with Gasteiger partial charge in [-0.25, -0.2) is 0 Å². The first-order chi connectivity index (χ1) is 8.65. The van der Waals surface area contributed by atoms with Crippen molar-refractivity contribution in [1.29, 1.82) is 0 Å². The minimum absolute atomic E-state index is 0.114. The van der Waals surface area contributed by atoms with Crippen LogP contribution in [0.5, 0.6) is 0 Å². The van der Waals surface area contributed by atoms with E-state index in [-0.39, 0.29) is 12.1 Å². The van der Waals surface area contributed by atoms with Gasteiger partial charge in [0.2, 0.25) is 0 Å². The zero-order valence-electron chi connectivity index (χ0n) is 11.3. The molecule has 0 amide bonds. The van der Waals surface area contributed by atoms with E-state index >= 15 is 0 Å². The first kappa shape index (κ1) is 13.8. The van der Waals surface area contributed by atoms with E-state index in [1.807, 2.05) is 11.7 Å². The maximum Gasteiger partial charge on any atom is 0.0835 e. The third-order valence-electron chi connectivity index (χ3n) is 3.47. The molecule has 1 aliphatic heterocycles. The number of nitrogens with one attached hydrogen (secondary N) is 1. The van der Waals surface area contributed by atoms with Gasteiger partial charge < -0.3 is 10.1 Å². The first-order valence-corrected chi connectivity index (χ1v) is 7.04. The van der Waals surface area contributed by atoms with E-state index in [0.717, 1.165) is 30.2 Å². The Balaban J connectivity index is 2.28. The molecule has 1 N–H and O–H groups in total. The molecule has 0 spiro atoms. The summed E-state index contributed by atoms with van der Waals surface area (Å²) in [6.45, 7) is 5.07. The Morgan fingerprint density at radius 2 is 2.28 bits per heavy atom. The fraction of sp³-hybridized carbons (Fsp3) is 0.769. The van der Waals surface area contributed by atoms with Crippen LogP contribution >= 0.6 is 11.6 Å². The lowest BCUT2D eigenvalue weighted by Crippen LogP contribution is -2.36. The molecule has 1 aromatic heterocycles. The number of nitrogens with zero attached hydrogens (tertiary/aromatic N) is 2. The van der Waals surface area contributed by atoms with Crippen LogP contribution in [0.25, 0.3) is 0 Å². The average molecular weight is 272 g/mol. The molecule has 4 nitrogen and oxygen atoms in total. The second kappa shape index (κ2) is 6.04. The Labute approximate surface area is 114 Å². The number of likely N-dealkylation sites (N-methyl/N-ethyl adjacent to an activating group) is 1. The van der Waals surface area contributed by atoms with E-state index < -0.39 is 0 Å². The van der Waals surface area contributed by atoms with Crippen LogP contribution in [0.15, 0.2) is 6.20 Å². The lowest BCUT2D eigenvalue weighted by atomic mass is 9.99. The highest BCUT2D eigenvalue weighted by molar-refractivity contribution is 6.31. The number of ether oxygens (including phenoxy) is 1. The second-order valence-corrected chi connectivity index (χ2v) is 5.49. The van der Waals surface area contributed by atoms with Gasteiger partial charge in [0.05, 0.1) is 29.1 Å². The minimum atomic E-state index is 0.114. The summed E-state index contributed by atoms with van der Waals surface area (Å²) in [5, 5.41) is 8.43. The van der Waals surface area contributed by atoms with Gasteiger partial charge in [-0.2, -0.15) is 5.10 Å². The van der Waals surface area contributed by atoms with Crippen molar-refractivity contribution in [2.75, 3.05) is 13.7 Å². The molecule has 0 radical (unpaired) electrons. The van der Waals surface area contributed by atoms with Crippen LogP contribution in [-0.2, 0) is 4.74 Å². The highest BCUT2D eigenvalue weighted by Crippen LogP contribution is 2.31. The molecular formula is C13H22ClN3O. The zero-order chi connectivity index (χ0) is 13.1. The summed E-state index contributed by atoms with van der Waals surface area (Å²) in [7, 11) is 1.95. The summed E-state index contributed by atoms with van der Waals surface area (Å²) in [5.41, 5.74) is 1.04. The number of rotatable bonds is 4. The number of hydrogen-bond acceptors (Lipinski definition) is 3. The summed E-state index contributed by atoms with van der Waals surface area (Å²) >= 11 is 6.30. The molecular weight excluding hydrogens is 250 g/mol. The predicted molar refractivity (Wildman–Crippen MR) is 73.0 cm³/mol. The van der Waals surface area contributed by atoms with Crippen molar-refractivity contribution in [1.82, 2.24) is 15.1 Å². The van der Waals surface area contributed by atoms with Gasteiger partial charge in [0.1, 0.15) is 0 Å². The van der Waals surface area contributed by atoms with Gasteiger partial charge in [0.25, 0.3) is 0 Å². The average Bonchev–Trinajstić information content (AvgIpc) is 2.74. The summed E-state index contributed by atoms with van der Waals surface area (Å²) < 4.78 is 7.87. The standard InChI is InChI=1S/C13H22ClN3O/c1-9(2)17-13(10(14)8-16-17)12(15-3)11-6-4-5-7-18-11/h8-9,11-12,15H,4-7H2,1-3H3. The van der Waals surface area contributed by atoms with Gasteiger partial charge >= 0.3 is 0 Å². The van der Waals surface area contributed by atoms with Gasteiger partial charge in [0, 0.05) is 12.6 Å². The van der Waals surface area contributed by atoms with Crippen molar-refractivity contribution in [2.45, 2.75) is 51.3 Å². The molecule has 2 heterocycles. The van der Waals surface area contributed by atoms with Crippen molar-refractivity contribution in [3.63, 3.8) is 0 Å². The molecule has 1 saturated heterocycles. The fourth-order valence-corrected chi connectivity index (χ4v) is 2.83. The van der Waals surface area contributed by atoms with E-state index in [2.05, 4.69) is 24.3 Å². The van der Waals surface area contributed by atoms with Crippen LogP contribution in [-0.4, -0.2) is 29.5 Å². The molecule has 0 saturated carbocycles. The minimum Gasteiger partial charge on any atom is -0.376 e. The zero-order valence-corrected chi connectivity index (χ0v) is 12.1. The SMILES string of the molecule is CNC(c1c(Cl)cnn1C(C)C)C1CCCCO1. The van der Waals surface area contributed by atoms with Gasteiger partial charge in [-0.05, 0) is 40.2 Å². The normalized spacial score (nSPS) is 22.4. The third kappa shape index (κ3) is 2.71. The molecule has 0 bridgehead atoms. The summed E-state index contributed by atoms with van der Waals surface area (Å²) in [5.74, 6) is 0. The van der Waals surface area contributed by atoms with Gasteiger partial charge in [-0.15, -0.1) is 0 Å². The van der Waals surface area contributed by atoms with E-state index in [1.54, 1.807) is 6.20 Å². The van der Waals surface area contributed by atoms with E-state index in [1.165, 1.54) is 6.42 Å². The second-order valence-electron chi connectivity index (χ2n) is 5.09. The Hall–Kier alpha value is -0.580. The maximum absolute atomic E-state index is 6.30. The summed E-state index contributed by atoms with van der Waals surface area (Å²) in [6, 6.07) is 0.412. The van der Waals surface area contributed by atoms with Crippen LogP contribution in [0.3, 0.4) is 0 Å². The molecule has 5 heteroatoms. The molecule has 0 aliphatic carbocycles. The topological polar surface area (TPSA) is 39.1 Å². The Kier molecular flexibility index (Phi) is 4.65. The summed E-state index contributed by atoms with van der Waals surface area (Å²) in [6.07, 6.45) is 5.37. The van der Waals surface area contributed by atoms with Gasteiger partial charge in [-0.1, -0.05) is 11.6 Å². The van der Waals surface area contributed by atoms with Crippen LogP contribution in [0.2, 0.25) is 5.02 Å². The molecule has 102 valence electrons. The van der Waals surface area contributed by atoms with Crippen LogP contribution in [0.4, 0.5) is 0 Å². The Bertz CT molecular complexity index is 386. The molecule has 18 heavy (non-hydrogen) atoms. The predicted octanol–water partition coefficient (Wildman–Crippen LogP) is 2.95. The van der Waals surface area contributed by atoms with Gasteiger partial charge in [0.15, 0.2) is 0 Å². The fourth-order valence-electron chi connectivity index (χ4n) is 2.58. The quantitative estimate of drug-likeness (QED) is 0.915. The third-order valence-corrected chi connectivity index (χ3v) is 3.76. The van der Waals surface area contributed by atoms with Crippen molar-refractivity contribution >= 4 is 11.6 Å². The maximum atomic E-state index is 6.30. The number of hydrogen-bond donors (Lipinski definition) is 1. The molecule has 1 fully saturated rings. The molecule has 2 unspecified atom stereocenters. The first-order valence-electron chi connectivity index (χ1n) is 6.67. The number of halogens is 1. The number of aromatic nitrogens is 2. The lowest BCUT2D eigenvalue weighted by Gasteiger charge is -2.31. The van der Waals surface area contributed by atoms with E-state index in [0.29, 0.717) is 6.04 Å². The smallest absolute Gasteiger partial charge is 0.0835 e. The van der Waals surface area contributed by atoms with Crippen molar-refractivity contribution in [3.8, 4) is 0 Å². The molecule has 1 aliphatic rings. The summed E-state index contributed by atoms with van der Waals surface area (Å²) in [4.78, 5) is 0. The monoisotopic (exact) mass is 271 g/mol. The Morgan fingerprint density at radius 3 is 2.83 bits per heavy atom. The lowest BCUT2D eigenvalue weighted by molar-refractivity contribution is -0.00857. The van der Waals surface area contributed by atoms with Crippen molar-refractivity contribution in [3.05, 3.63) is 16.9 Å².